The van der Waals surface area contributed by atoms with Gasteiger partial charge in [0.05, 0.1) is 32.7 Å². The summed E-state index contributed by atoms with van der Waals surface area (Å²) in [6, 6.07) is 10.4. The fourth-order valence-electron chi connectivity index (χ4n) is 3.51. The van der Waals surface area contributed by atoms with Crippen LogP contribution in [-0.2, 0) is 30.8 Å². The highest BCUT2D eigenvalue weighted by atomic mass is 32.2. The Morgan fingerprint density at radius 3 is 2.35 bits per heavy atom. The van der Waals surface area contributed by atoms with Crippen LogP contribution < -0.4 is 18.4 Å². The first-order valence-corrected chi connectivity index (χ1v) is 15.3. The second-order valence-electron chi connectivity index (χ2n) is 8.88. The summed E-state index contributed by atoms with van der Waals surface area (Å²) in [5.41, 5.74) is 1.61. The fraction of sp³-hybridized carbons (Fsp3) is 0.500. The van der Waals surface area contributed by atoms with Crippen LogP contribution in [-0.4, -0.2) is 60.3 Å². The molecular weight excluding hydrogens is 536 g/mol. The summed E-state index contributed by atoms with van der Waals surface area (Å²) in [5.74, 6) is 1.40. The standard InChI is InChI=1S/C30H42O9S/c1-5-8-17-36-29-22-24(11-15-30(31)38-20-19-35-7-3)10-14-27(29)37-18-16-25-12-13-26(23-28(25)34-4)39-40(32,33)21-9-6-2/h10-15,22-23H,5-9,16-21H2,1-4H3. The zero-order valence-electron chi connectivity index (χ0n) is 24.0. The molecule has 0 amide bonds. The molecule has 0 aliphatic heterocycles. The number of rotatable bonds is 20. The molecule has 0 fully saturated rings. The van der Waals surface area contributed by atoms with Crippen molar-refractivity contribution >= 4 is 22.2 Å². The molecule has 0 aromatic heterocycles. The third-order valence-corrected chi connectivity index (χ3v) is 6.90. The van der Waals surface area contributed by atoms with Crippen LogP contribution in [0.3, 0.4) is 0 Å². The quantitative estimate of drug-likeness (QED) is 0.0859. The Morgan fingerprint density at radius 2 is 1.62 bits per heavy atom. The van der Waals surface area contributed by atoms with Gasteiger partial charge in [0.1, 0.15) is 18.1 Å². The third-order valence-electron chi connectivity index (χ3n) is 5.67. The first-order chi connectivity index (χ1) is 19.3. The summed E-state index contributed by atoms with van der Waals surface area (Å²) in [7, 11) is -2.13. The molecule has 0 atom stereocenters. The van der Waals surface area contributed by atoms with Crippen molar-refractivity contribution in [2.75, 3.05) is 45.9 Å². The van der Waals surface area contributed by atoms with E-state index in [1.807, 2.05) is 26.0 Å². The van der Waals surface area contributed by atoms with E-state index >= 15 is 0 Å². The minimum atomic E-state index is -3.65. The van der Waals surface area contributed by atoms with Crippen molar-refractivity contribution in [1.82, 2.24) is 0 Å². The van der Waals surface area contributed by atoms with Gasteiger partial charge in [-0.1, -0.05) is 38.8 Å². The lowest BCUT2D eigenvalue weighted by Gasteiger charge is -2.15. The molecule has 0 spiro atoms. The van der Waals surface area contributed by atoms with Gasteiger partial charge in [-0.2, -0.15) is 8.42 Å². The number of benzene rings is 2. The molecule has 9 nitrogen and oxygen atoms in total. The molecule has 40 heavy (non-hydrogen) atoms. The number of carbonyl (C=O) groups excluding carboxylic acids is 1. The zero-order chi connectivity index (χ0) is 29.2. The average Bonchev–Trinajstić information content (AvgIpc) is 2.94. The van der Waals surface area contributed by atoms with Crippen molar-refractivity contribution in [2.24, 2.45) is 0 Å². The molecule has 0 N–H and O–H groups in total. The molecule has 0 radical (unpaired) electrons. The van der Waals surface area contributed by atoms with E-state index in [0.29, 0.717) is 56.5 Å². The van der Waals surface area contributed by atoms with Crippen LogP contribution in [0.25, 0.3) is 6.08 Å². The number of methoxy groups -OCH3 is 1. The van der Waals surface area contributed by atoms with Crippen LogP contribution in [0.5, 0.6) is 23.0 Å². The third kappa shape index (κ3) is 12.3. The molecule has 0 heterocycles. The number of unbranched alkanes of at least 4 members (excludes halogenated alkanes) is 2. The lowest BCUT2D eigenvalue weighted by Crippen LogP contribution is -2.13. The summed E-state index contributed by atoms with van der Waals surface area (Å²) < 4.78 is 57.2. The Morgan fingerprint density at radius 1 is 0.850 bits per heavy atom. The second-order valence-corrected chi connectivity index (χ2v) is 10.6. The van der Waals surface area contributed by atoms with Crippen molar-refractivity contribution in [3.05, 3.63) is 53.6 Å². The van der Waals surface area contributed by atoms with Crippen LogP contribution in [0, 0.1) is 0 Å². The Balaban J connectivity index is 2.04. The maximum atomic E-state index is 12.1. The van der Waals surface area contributed by atoms with Gasteiger partial charge in [-0.15, -0.1) is 0 Å². The van der Waals surface area contributed by atoms with Crippen molar-refractivity contribution in [2.45, 2.75) is 52.9 Å². The Bertz CT molecular complexity index is 1180. The molecule has 2 rings (SSSR count). The minimum absolute atomic E-state index is 0.0305. The number of hydrogen-bond acceptors (Lipinski definition) is 9. The van der Waals surface area contributed by atoms with E-state index < -0.39 is 16.1 Å². The molecule has 2 aromatic rings. The Kier molecular flexibility index (Phi) is 15.0. The highest BCUT2D eigenvalue weighted by Gasteiger charge is 2.15. The molecule has 10 heteroatoms. The zero-order valence-corrected chi connectivity index (χ0v) is 24.8. The van der Waals surface area contributed by atoms with Crippen molar-refractivity contribution in [3.8, 4) is 23.0 Å². The van der Waals surface area contributed by atoms with Crippen LogP contribution >= 0.6 is 0 Å². The largest absolute Gasteiger partial charge is 0.496 e. The predicted octanol–water partition coefficient (Wildman–Crippen LogP) is 5.60. The van der Waals surface area contributed by atoms with E-state index in [2.05, 4.69) is 6.92 Å². The number of carbonyl (C=O) groups is 1. The van der Waals surface area contributed by atoms with Gasteiger partial charge in [0.2, 0.25) is 0 Å². The van der Waals surface area contributed by atoms with Gasteiger partial charge in [-0.05, 0) is 55.2 Å². The number of esters is 1. The highest BCUT2D eigenvalue weighted by molar-refractivity contribution is 7.87. The summed E-state index contributed by atoms with van der Waals surface area (Å²) in [6.45, 7) is 7.89. The number of ether oxygens (including phenoxy) is 5. The lowest BCUT2D eigenvalue weighted by atomic mass is 10.1. The molecule has 0 aliphatic carbocycles. The SMILES string of the molecule is CCCCOc1cc(C=CC(=O)OCCOCC)ccc1OCCc1ccc(OS(=O)(=O)CCCC)cc1OC. The predicted molar refractivity (Wildman–Crippen MR) is 155 cm³/mol. The highest BCUT2D eigenvalue weighted by Crippen LogP contribution is 2.31. The maximum Gasteiger partial charge on any atom is 0.330 e. The Labute approximate surface area is 238 Å². The van der Waals surface area contributed by atoms with Crippen molar-refractivity contribution in [3.63, 3.8) is 0 Å². The normalized spacial score (nSPS) is 11.4. The van der Waals surface area contributed by atoms with Crippen molar-refractivity contribution < 1.29 is 41.1 Å². The number of hydrogen-bond donors (Lipinski definition) is 0. The molecule has 0 saturated carbocycles. The second kappa shape index (κ2) is 18.2. The molecule has 222 valence electrons. The molecular formula is C30H42O9S. The summed E-state index contributed by atoms with van der Waals surface area (Å²) in [4.78, 5) is 11.9. The van der Waals surface area contributed by atoms with E-state index in [0.717, 1.165) is 30.4 Å². The van der Waals surface area contributed by atoms with Crippen LogP contribution in [0.2, 0.25) is 0 Å². The Hall–Kier alpha value is -3.24. The summed E-state index contributed by atoms with van der Waals surface area (Å²) >= 11 is 0. The summed E-state index contributed by atoms with van der Waals surface area (Å²) in [6.07, 6.45) is 6.73. The molecule has 0 unspecified atom stereocenters. The van der Waals surface area contributed by atoms with E-state index in [1.165, 1.54) is 13.2 Å². The van der Waals surface area contributed by atoms with E-state index in [1.54, 1.807) is 30.3 Å². The first-order valence-electron chi connectivity index (χ1n) is 13.7. The van der Waals surface area contributed by atoms with Crippen molar-refractivity contribution in [1.29, 1.82) is 0 Å². The fourth-order valence-corrected chi connectivity index (χ4v) is 4.63. The smallest absolute Gasteiger partial charge is 0.330 e. The van der Waals surface area contributed by atoms with Crippen LogP contribution in [0.15, 0.2) is 42.5 Å². The van der Waals surface area contributed by atoms with Gasteiger partial charge in [0.15, 0.2) is 11.5 Å². The average molecular weight is 579 g/mol. The van der Waals surface area contributed by atoms with Gasteiger partial charge < -0.3 is 27.9 Å². The van der Waals surface area contributed by atoms with E-state index in [4.69, 9.17) is 27.9 Å². The monoisotopic (exact) mass is 578 g/mol. The van der Waals surface area contributed by atoms with Gasteiger partial charge in [-0.25, -0.2) is 4.79 Å². The lowest BCUT2D eigenvalue weighted by molar-refractivity contribution is -0.139. The molecule has 2 aromatic carbocycles. The minimum Gasteiger partial charge on any atom is -0.496 e. The summed E-state index contributed by atoms with van der Waals surface area (Å²) in [5, 5.41) is 0. The molecule has 0 aliphatic rings. The first kappa shape index (κ1) is 33.0. The van der Waals surface area contributed by atoms with Crippen LogP contribution in [0.4, 0.5) is 0 Å². The van der Waals surface area contributed by atoms with E-state index in [-0.39, 0.29) is 18.1 Å². The topological polar surface area (TPSA) is 107 Å². The maximum absolute atomic E-state index is 12.1. The molecule has 0 saturated heterocycles. The van der Waals surface area contributed by atoms with Crippen LogP contribution in [0.1, 0.15) is 57.6 Å². The molecule has 0 bridgehead atoms. The van der Waals surface area contributed by atoms with Gasteiger partial charge >= 0.3 is 16.1 Å². The van der Waals surface area contributed by atoms with Gasteiger partial charge in [0, 0.05) is 25.2 Å². The van der Waals surface area contributed by atoms with E-state index in [9.17, 15) is 13.2 Å². The van der Waals surface area contributed by atoms with Gasteiger partial charge in [0.25, 0.3) is 0 Å². The van der Waals surface area contributed by atoms with Gasteiger partial charge in [-0.3, -0.25) is 0 Å².